The molecule has 0 saturated heterocycles. The largest absolute Gasteiger partial charge is 0.350 e. The number of primary amides is 2. The molecule has 9 N–H and O–H groups in total. The minimum atomic E-state index is -0.973. The molecular formula is C8H11N9O2. The Kier molecular flexibility index (Phi) is 2.90. The van der Waals surface area contributed by atoms with E-state index >= 15 is 0 Å². The molecule has 0 fully saturated rings. The van der Waals surface area contributed by atoms with Crippen molar-refractivity contribution in [3.63, 3.8) is 0 Å². The minimum Gasteiger partial charge on any atom is -0.350 e. The molecule has 0 aliphatic carbocycles. The van der Waals surface area contributed by atoms with Crippen LogP contribution in [-0.2, 0) is 0 Å². The Morgan fingerprint density at radius 2 is 1.74 bits per heavy atom. The second kappa shape index (κ2) is 4.40. The summed E-state index contributed by atoms with van der Waals surface area (Å²) < 4.78 is 0. The summed E-state index contributed by atoms with van der Waals surface area (Å²) in [4.78, 5) is 32.7. The second-order valence-corrected chi connectivity index (χ2v) is 3.50. The monoisotopic (exact) mass is 265 g/mol. The number of hydrogen-bond donors (Lipinski definition) is 5. The smallest absolute Gasteiger partial charge is 0.336 e. The highest BCUT2D eigenvalue weighted by Crippen LogP contribution is 2.23. The molecule has 0 unspecified atom stereocenters. The second-order valence-electron chi connectivity index (χ2n) is 3.50. The number of nitrogens with one attached hydrogen (secondary N) is 1. The molecule has 100 valence electrons. The van der Waals surface area contributed by atoms with Crippen LogP contribution < -0.4 is 33.2 Å². The van der Waals surface area contributed by atoms with Gasteiger partial charge in [-0.15, -0.1) is 0 Å². The predicted octanol–water partition coefficient (Wildman–Crippen LogP) is -1.52. The van der Waals surface area contributed by atoms with Crippen LogP contribution in [0.5, 0.6) is 0 Å². The maximum atomic E-state index is 11.1. The van der Waals surface area contributed by atoms with E-state index in [1.807, 2.05) is 0 Å². The van der Waals surface area contributed by atoms with Crippen molar-refractivity contribution in [3.8, 4) is 0 Å². The molecule has 19 heavy (non-hydrogen) atoms. The van der Waals surface area contributed by atoms with Crippen molar-refractivity contribution in [2.75, 3.05) is 10.0 Å². The lowest BCUT2D eigenvalue weighted by Gasteiger charge is -2.17. The highest BCUT2D eigenvalue weighted by atomic mass is 16.2. The fraction of sp³-hybridized carbons (Fsp3) is 0. The molecule has 2 aromatic rings. The Morgan fingerprint density at radius 1 is 1.11 bits per heavy atom. The van der Waals surface area contributed by atoms with Gasteiger partial charge in [-0.1, -0.05) is 0 Å². The first kappa shape index (κ1) is 12.5. The molecule has 11 nitrogen and oxygen atoms in total. The molecule has 0 saturated carbocycles. The van der Waals surface area contributed by atoms with Gasteiger partial charge in [0.15, 0.2) is 5.82 Å². The van der Waals surface area contributed by atoms with E-state index in [9.17, 15) is 9.59 Å². The summed E-state index contributed by atoms with van der Waals surface area (Å²) in [7, 11) is 0. The summed E-state index contributed by atoms with van der Waals surface area (Å²) in [5.41, 5.74) is 10.4. The third-order valence-electron chi connectivity index (χ3n) is 2.30. The number of hydrazine groups is 2. The fourth-order valence-electron chi connectivity index (χ4n) is 1.41. The predicted molar refractivity (Wildman–Crippen MR) is 66.4 cm³/mol. The average molecular weight is 265 g/mol. The Hall–Kier alpha value is -2.92. The van der Waals surface area contributed by atoms with Crippen LogP contribution in [0.2, 0.25) is 0 Å². The summed E-state index contributed by atoms with van der Waals surface area (Å²) in [6.07, 6.45) is 1.55. The van der Waals surface area contributed by atoms with Gasteiger partial charge in [-0.25, -0.2) is 26.3 Å². The lowest BCUT2D eigenvalue weighted by molar-refractivity contribution is 0.253. The number of carbonyl (C=O) groups excluding carboxylic acids is 2. The number of aromatic amines is 1. The van der Waals surface area contributed by atoms with Crippen molar-refractivity contribution < 1.29 is 9.59 Å². The number of carbonyl (C=O) groups is 2. The Balaban J connectivity index is 2.64. The summed E-state index contributed by atoms with van der Waals surface area (Å²) in [6.45, 7) is 0. The van der Waals surface area contributed by atoms with Crippen LogP contribution >= 0.6 is 0 Å². The van der Waals surface area contributed by atoms with Gasteiger partial charge >= 0.3 is 12.1 Å². The van der Waals surface area contributed by atoms with Gasteiger partial charge in [0.2, 0.25) is 0 Å². The van der Waals surface area contributed by atoms with E-state index in [4.69, 9.17) is 23.2 Å². The van der Waals surface area contributed by atoms with Crippen molar-refractivity contribution >= 4 is 34.9 Å². The van der Waals surface area contributed by atoms with Crippen LogP contribution in [0.3, 0.4) is 0 Å². The fourth-order valence-corrected chi connectivity index (χ4v) is 1.41. The third kappa shape index (κ3) is 2.10. The Bertz CT molecular complexity index is 651. The first-order valence-electron chi connectivity index (χ1n) is 4.95. The Labute approximate surface area is 106 Å². The van der Waals surface area contributed by atoms with Gasteiger partial charge in [-0.2, -0.15) is 15.0 Å². The number of fused-ring (bicyclic) bond motifs is 1. The zero-order chi connectivity index (χ0) is 14.2. The maximum absolute atomic E-state index is 11.1. The molecular weight excluding hydrogens is 254 g/mol. The summed E-state index contributed by atoms with van der Waals surface area (Å²) in [5.74, 6) is 10.6. The SMILES string of the molecule is NC(=O)N(N)c1nc(N(N)C(N)=O)c2cc[nH]c2n1. The first-order valence-corrected chi connectivity index (χ1v) is 4.95. The molecule has 2 aromatic heterocycles. The van der Waals surface area contributed by atoms with Crippen molar-refractivity contribution in [2.45, 2.75) is 0 Å². The van der Waals surface area contributed by atoms with Gasteiger partial charge in [-0.05, 0) is 6.07 Å². The van der Waals surface area contributed by atoms with E-state index in [1.54, 1.807) is 12.3 Å². The van der Waals surface area contributed by atoms with E-state index in [1.165, 1.54) is 0 Å². The van der Waals surface area contributed by atoms with Crippen LogP contribution in [0.1, 0.15) is 0 Å². The lowest BCUT2D eigenvalue weighted by atomic mass is 10.3. The minimum absolute atomic E-state index is 0.00884. The molecule has 0 aliphatic rings. The molecule has 0 aromatic carbocycles. The molecule has 2 rings (SSSR count). The highest BCUT2D eigenvalue weighted by Gasteiger charge is 2.19. The van der Waals surface area contributed by atoms with E-state index in [0.29, 0.717) is 21.1 Å². The molecule has 11 heteroatoms. The topological polar surface area (TPSA) is 186 Å². The summed E-state index contributed by atoms with van der Waals surface area (Å²) in [6, 6.07) is -0.322. The number of nitrogens with zero attached hydrogens (tertiary/aromatic N) is 4. The summed E-state index contributed by atoms with van der Waals surface area (Å²) >= 11 is 0. The van der Waals surface area contributed by atoms with Gasteiger partial charge < -0.3 is 16.5 Å². The van der Waals surface area contributed by atoms with Gasteiger partial charge in [0.1, 0.15) is 5.65 Å². The van der Waals surface area contributed by atoms with E-state index < -0.39 is 12.1 Å². The van der Waals surface area contributed by atoms with Crippen LogP contribution in [0.4, 0.5) is 21.4 Å². The number of H-pyrrole nitrogens is 1. The number of aromatic nitrogens is 3. The third-order valence-corrected chi connectivity index (χ3v) is 2.30. The molecule has 0 bridgehead atoms. The van der Waals surface area contributed by atoms with E-state index in [0.717, 1.165) is 0 Å². The van der Waals surface area contributed by atoms with Crippen LogP contribution in [0, 0.1) is 0 Å². The first-order chi connectivity index (χ1) is 8.91. The lowest BCUT2D eigenvalue weighted by Crippen LogP contribution is -2.44. The van der Waals surface area contributed by atoms with E-state index in [2.05, 4.69) is 15.0 Å². The van der Waals surface area contributed by atoms with Crippen molar-refractivity contribution in [3.05, 3.63) is 12.3 Å². The van der Waals surface area contributed by atoms with Gasteiger partial charge in [-0.3, -0.25) is 0 Å². The molecule has 0 radical (unpaired) electrons. The van der Waals surface area contributed by atoms with Crippen LogP contribution in [0.25, 0.3) is 11.0 Å². The molecule has 0 aliphatic heterocycles. The van der Waals surface area contributed by atoms with Crippen molar-refractivity contribution in [2.24, 2.45) is 23.2 Å². The Morgan fingerprint density at radius 3 is 2.32 bits per heavy atom. The van der Waals surface area contributed by atoms with Crippen LogP contribution in [0.15, 0.2) is 12.3 Å². The number of amides is 4. The standard InChI is InChI=1S/C8H11N9O2/c9-6(18)16(11)5-3-1-2-13-4(3)14-8(15-5)17(12)7(10)19/h1-2H,11-12H2,(H2,9,18)(H2,10,19)(H,13,14,15). The highest BCUT2D eigenvalue weighted by molar-refractivity contribution is 5.99. The van der Waals surface area contributed by atoms with Crippen molar-refractivity contribution in [1.82, 2.24) is 15.0 Å². The van der Waals surface area contributed by atoms with Gasteiger partial charge in [0, 0.05) is 6.20 Å². The quantitative estimate of drug-likeness (QED) is 0.249. The zero-order valence-electron chi connectivity index (χ0n) is 9.57. The number of anilines is 2. The van der Waals surface area contributed by atoms with Crippen molar-refractivity contribution in [1.29, 1.82) is 0 Å². The van der Waals surface area contributed by atoms with Gasteiger partial charge in [0.05, 0.1) is 5.39 Å². The molecule has 2 heterocycles. The number of urea groups is 2. The average Bonchev–Trinajstić information content (AvgIpc) is 2.83. The maximum Gasteiger partial charge on any atom is 0.336 e. The number of hydrogen-bond acceptors (Lipinski definition) is 6. The molecule has 0 spiro atoms. The van der Waals surface area contributed by atoms with E-state index in [-0.39, 0.29) is 11.8 Å². The van der Waals surface area contributed by atoms with Gasteiger partial charge in [0.25, 0.3) is 5.95 Å². The number of rotatable bonds is 2. The molecule has 4 amide bonds. The zero-order valence-corrected chi connectivity index (χ0v) is 9.57. The van der Waals surface area contributed by atoms with Crippen LogP contribution in [-0.4, -0.2) is 27.0 Å². The molecule has 0 atom stereocenters. The number of nitrogens with two attached hydrogens (primary N) is 4. The normalized spacial score (nSPS) is 10.4. The summed E-state index contributed by atoms with van der Waals surface area (Å²) in [5, 5.41) is 1.55.